The van der Waals surface area contributed by atoms with Crippen molar-refractivity contribution in [3.05, 3.63) is 35.9 Å². The van der Waals surface area contributed by atoms with Gasteiger partial charge in [-0.15, -0.1) is 0 Å². The zero-order valence-electron chi connectivity index (χ0n) is 11.3. The molecule has 0 atom stereocenters. The van der Waals surface area contributed by atoms with Crippen molar-refractivity contribution in [2.75, 3.05) is 19.6 Å². The van der Waals surface area contributed by atoms with E-state index in [0.29, 0.717) is 12.1 Å². The minimum atomic E-state index is -0.963. The van der Waals surface area contributed by atoms with Gasteiger partial charge in [-0.3, -0.25) is 14.4 Å². The molecular formula is C14H18N2O4. The summed E-state index contributed by atoms with van der Waals surface area (Å²) in [5.74, 6) is -1.39. The second kappa shape index (κ2) is 7.93. The third kappa shape index (κ3) is 5.51. The van der Waals surface area contributed by atoms with Gasteiger partial charge in [-0.1, -0.05) is 18.2 Å². The Kier molecular flexibility index (Phi) is 6.22. The van der Waals surface area contributed by atoms with Crippen LogP contribution in [0.1, 0.15) is 23.7 Å². The van der Waals surface area contributed by atoms with Crippen LogP contribution in [-0.2, 0) is 9.59 Å². The Hall–Kier alpha value is -2.37. The first-order valence-corrected chi connectivity index (χ1v) is 6.31. The van der Waals surface area contributed by atoms with Crippen molar-refractivity contribution in [2.45, 2.75) is 13.3 Å². The number of carbonyl (C=O) groups is 3. The highest BCUT2D eigenvalue weighted by Crippen LogP contribution is 2.05. The summed E-state index contributed by atoms with van der Waals surface area (Å²) in [5, 5.41) is 11.3. The topological polar surface area (TPSA) is 86.7 Å². The van der Waals surface area contributed by atoms with Gasteiger partial charge in [0.1, 0.15) is 0 Å². The Labute approximate surface area is 117 Å². The fourth-order valence-electron chi connectivity index (χ4n) is 1.68. The SMILES string of the molecule is CC(=O)NCCN(CCC(=O)O)C(=O)c1ccccc1. The Morgan fingerprint density at radius 2 is 1.80 bits per heavy atom. The number of carbonyl (C=O) groups excluding carboxylic acids is 2. The maximum atomic E-state index is 12.3. The molecule has 0 heterocycles. The van der Waals surface area contributed by atoms with Crippen molar-refractivity contribution in [1.82, 2.24) is 10.2 Å². The molecule has 0 aliphatic rings. The summed E-state index contributed by atoms with van der Waals surface area (Å²) >= 11 is 0. The number of carboxylic acids is 1. The van der Waals surface area contributed by atoms with Gasteiger partial charge in [0.05, 0.1) is 6.42 Å². The van der Waals surface area contributed by atoms with Crippen molar-refractivity contribution in [3.8, 4) is 0 Å². The van der Waals surface area contributed by atoms with Crippen LogP contribution in [0.5, 0.6) is 0 Å². The van der Waals surface area contributed by atoms with E-state index in [1.54, 1.807) is 30.3 Å². The van der Waals surface area contributed by atoms with Crippen LogP contribution >= 0.6 is 0 Å². The lowest BCUT2D eigenvalue weighted by molar-refractivity contribution is -0.137. The maximum absolute atomic E-state index is 12.3. The molecule has 0 bridgehead atoms. The first kappa shape index (κ1) is 15.7. The van der Waals surface area contributed by atoms with Crippen LogP contribution in [-0.4, -0.2) is 47.4 Å². The van der Waals surface area contributed by atoms with Crippen LogP contribution in [0, 0.1) is 0 Å². The third-order valence-electron chi connectivity index (χ3n) is 2.66. The second-order valence-corrected chi connectivity index (χ2v) is 4.28. The maximum Gasteiger partial charge on any atom is 0.305 e. The number of hydrogen-bond donors (Lipinski definition) is 2. The van der Waals surface area contributed by atoms with E-state index in [9.17, 15) is 14.4 Å². The minimum absolute atomic E-state index is 0.114. The molecule has 6 nitrogen and oxygen atoms in total. The van der Waals surface area contributed by atoms with Crippen LogP contribution in [0.3, 0.4) is 0 Å². The molecule has 0 saturated carbocycles. The van der Waals surface area contributed by atoms with E-state index in [4.69, 9.17) is 5.11 Å². The molecule has 0 fully saturated rings. The first-order chi connectivity index (χ1) is 9.50. The number of hydrogen-bond acceptors (Lipinski definition) is 3. The van der Waals surface area contributed by atoms with E-state index in [1.165, 1.54) is 11.8 Å². The molecule has 0 spiro atoms. The molecule has 6 heteroatoms. The smallest absolute Gasteiger partial charge is 0.305 e. The molecule has 2 amide bonds. The van der Waals surface area contributed by atoms with Crippen molar-refractivity contribution in [1.29, 1.82) is 0 Å². The Morgan fingerprint density at radius 1 is 1.15 bits per heavy atom. The molecule has 0 aliphatic heterocycles. The predicted molar refractivity (Wildman–Crippen MR) is 73.3 cm³/mol. The Bertz CT molecular complexity index is 473. The van der Waals surface area contributed by atoms with Gasteiger partial charge in [0.25, 0.3) is 5.91 Å². The van der Waals surface area contributed by atoms with Crippen LogP contribution in [0.2, 0.25) is 0 Å². The van der Waals surface area contributed by atoms with E-state index in [2.05, 4.69) is 5.32 Å². The van der Waals surface area contributed by atoms with Crippen LogP contribution in [0.15, 0.2) is 30.3 Å². The molecule has 1 aromatic carbocycles. The van der Waals surface area contributed by atoms with E-state index < -0.39 is 5.97 Å². The van der Waals surface area contributed by atoms with E-state index in [1.807, 2.05) is 0 Å². The summed E-state index contributed by atoms with van der Waals surface area (Å²) in [5.41, 5.74) is 0.501. The second-order valence-electron chi connectivity index (χ2n) is 4.28. The van der Waals surface area contributed by atoms with Gasteiger partial charge in [-0.05, 0) is 12.1 Å². The summed E-state index contributed by atoms with van der Waals surface area (Å²) in [4.78, 5) is 35.1. The van der Waals surface area contributed by atoms with Crippen LogP contribution < -0.4 is 5.32 Å². The van der Waals surface area contributed by atoms with Crippen molar-refractivity contribution in [2.24, 2.45) is 0 Å². The number of amides is 2. The quantitative estimate of drug-likeness (QED) is 0.770. The van der Waals surface area contributed by atoms with Gasteiger partial charge in [0.2, 0.25) is 5.91 Å². The minimum Gasteiger partial charge on any atom is -0.481 e. The number of nitrogens with zero attached hydrogens (tertiary/aromatic N) is 1. The normalized spacial score (nSPS) is 9.85. The van der Waals surface area contributed by atoms with Gasteiger partial charge in [-0.2, -0.15) is 0 Å². The number of nitrogens with one attached hydrogen (secondary N) is 1. The van der Waals surface area contributed by atoms with Gasteiger partial charge in [0, 0.05) is 32.1 Å². The number of rotatable bonds is 7. The molecule has 0 radical (unpaired) electrons. The molecular weight excluding hydrogens is 260 g/mol. The zero-order valence-corrected chi connectivity index (χ0v) is 11.3. The molecule has 20 heavy (non-hydrogen) atoms. The zero-order chi connectivity index (χ0) is 15.0. The summed E-state index contributed by atoms with van der Waals surface area (Å²) in [6.45, 7) is 2.08. The van der Waals surface area contributed by atoms with E-state index >= 15 is 0 Å². The summed E-state index contributed by atoms with van der Waals surface area (Å²) in [6, 6.07) is 8.64. The molecule has 1 rings (SSSR count). The van der Waals surface area contributed by atoms with Crippen molar-refractivity contribution >= 4 is 17.8 Å². The fraction of sp³-hybridized carbons (Fsp3) is 0.357. The molecule has 0 saturated heterocycles. The lowest BCUT2D eigenvalue weighted by Crippen LogP contribution is -2.39. The highest BCUT2D eigenvalue weighted by atomic mass is 16.4. The summed E-state index contributed by atoms with van der Waals surface area (Å²) in [6.07, 6.45) is -0.126. The monoisotopic (exact) mass is 278 g/mol. The Morgan fingerprint density at radius 3 is 2.35 bits per heavy atom. The lowest BCUT2D eigenvalue weighted by Gasteiger charge is -2.22. The van der Waals surface area contributed by atoms with Gasteiger partial charge in [-0.25, -0.2) is 0 Å². The van der Waals surface area contributed by atoms with Crippen molar-refractivity contribution < 1.29 is 19.5 Å². The molecule has 0 aliphatic carbocycles. The molecule has 1 aromatic rings. The molecule has 2 N–H and O–H groups in total. The fourth-order valence-corrected chi connectivity index (χ4v) is 1.68. The number of aliphatic carboxylic acids is 1. The molecule has 0 aromatic heterocycles. The van der Waals surface area contributed by atoms with Gasteiger partial charge in [0.15, 0.2) is 0 Å². The third-order valence-corrected chi connectivity index (χ3v) is 2.66. The van der Waals surface area contributed by atoms with Crippen molar-refractivity contribution in [3.63, 3.8) is 0 Å². The summed E-state index contributed by atoms with van der Waals surface area (Å²) in [7, 11) is 0. The largest absolute Gasteiger partial charge is 0.481 e. The molecule has 0 unspecified atom stereocenters. The van der Waals surface area contributed by atoms with E-state index in [-0.39, 0.29) is 31.3 Å². The number of carboxylic acid groups (broad SMARTS) is 1. The molecule has 108 valence electrons. The predicted octanol–water partition coefficient (Wildman–Crippen LogP) is 0.740. The summed E-state index contributed by atoms with van der Waals surface area (Å²) < 4.78 is 0. The van der Waals surface area contributed by atoms with Crippen LogP contribution in [0.25, 0.3) is 0 Å². The highest BCUT2D eigenvalue weighted by Gasteiger charge is 2.16. The lowest BCUT2D eigenvalue weighted by atomic mass is 10.2. The van der Waals surface area contributed by atoms with Gasteiger partial charge >= 0.3 is 5.97 Å². The first-order valence-electron chi connectivity index (χ1n) is 6.31. The average molecular weight is 278 g/mol. The average Bonchev–Trinajstić information content (AvgIpc) is 2.42. The van der Waals surface area contributed by atoms with E-state index in [0.717, 1.165) is 0 Å². The standard InChI is InChI=1S/C14H18N2O4/c1-11(17)15-8-10-16(9-7-13(18)19)14(20)12-5-3-2-4-6-12/h2-6H,7-10H2,1H3,(H,15,17)(H,18,19). The highest BCUT2D eigenvalue weighted by molar-refractivity contribution is 5.94. The van der Waals surface area contributed by atoms with Crippen LogP contribution in [0.4, 0.5) is 0 Å². The number of benzene rings is 1. The Balaban J connectivity index is 2.67. The van der Waals surface area contributed by atoms with Gasteiger partial charge < -0.3 is 15.3 Å².